The highest BCUT2D eigenvalue weighted by atomic mass is 16.5. The van der Waals surface area contributed by atoms with Gasteiger partial charge in [0.2, 0.25) is 0 Å². The van der Waals surface area contributed by atoms with Gasteiger partial charge < -0.3 is 15.4 Å². The zero-order valence-electron chi connectivity index (χ0n) is 9.57. The second-order valence-corrected chi connectivity index (χ2v) is 3.66. The van der Waals surface area contributed by atoms with Gasteiger partial charge in [0.15, 0.2) is 0 Å². The average Bonchev–Trinajstić information content (AvgIpc) is 2.24. The topological polar surface area (TPSA) is 38.5 Å². The molecule has 0 atom stereocenters. The molecule has 1 aromatic rings. The first kappa shape index (κ1) is 12.0. The Morgan fingerprint density at radius 1 is 1.33 bits per heavy atom. The van der Waals surface area contributed by atoms with Crippen molar-refractivity contribution in [2.45, 2.75) is 6.92 Å². The molecule has 0 radical (unpaired) electrons. The maximum absolute atomic E-state index is 5.34. The van der Waals surface area contributed by atoms with E-state index in [1.54, 1.807) is 0 Å². The molecule has 0 aliphatic heterocycles. The fourth-order valence-electron chi connectivity index (χ4n) is 1.38. The smallest absolute Gasteiger partial charge is 0.0642 e. The third kappa shape index (κ3) is 4.32. The van der Waals surface area contributed by atoms with Crippen LogP contribution in [0.5, 0.6) is 0 Å². The van der Waals surface area contributed by atoms with Crippen LogP contribution in [0.3, 0.4) is 0 Å². The standard InChI is InChI=1S/C12H20N2O/c1-11-4-3-5-12(10-11)14(2)7-9-15-8-6-13/h3-5,10H,6-9,13H2,1-2H3. The van der Waals surface area contributed by atoms with E-state index in [0.717, 1.165) is 13.2 Å². The predicted octanol–water partition coefficient (Wildman–Crippen LogP) is 1.41. The molecule has 0 fully saturated rings. The molecule has 1 aromatic carbocycles. The number of nitrogens with zero attached hydrogens (tertiary/aromatic N) is 1. The van der Waals surface area contributed by atoms with Gasteiger partial charge in [0, 0.05) is 25.8 Å². The summed E-state index contributed by atoms with van der Waals surface area (Å²) in [5.41, 5.74) is 7.85. The number of nitrogens with two attached hydrogens (primary N) is 1. The van der Waals surface area contributed by atoms with Gasteiger partial charge in [0.1, 0.15) is 0 Å². The Morgan fingerprint density at radius 3 is 2.80 bits per heavy atom. The Balaban J connectivity index is 2.36. The largest absolute Gasteiger partial charge is 0.378 e. The zero-order chi connectivity index (χ0) is 11.1. The summed E-state index contributed by atoms with van der Waals surface area (Å²) < 4.78 is 5.34. The lowest BCUT2D eigenvalue weighted by atomic mass is 10.2. The van der Waals surface area contributed by atoms with Gasteiger partial charge >= 0.3 is 0 Å². The molecule has 3 nitrogen and oxygen atoms in total. The first-order chi connectivity index (χ1) is 7.24. The minimum absolute atomic E-state index is 0.591. The van der Waals surface area contributed by atoms with Crippen LogP contribution < -0.4 is 10.6 Å². The molecule has 0 aliphatic carbocycles. The lowest BCUT2D eigenvalue weighted by molar-refractivity contribution is 0.148. The van der Waals surface area contributed by atoms with Crippen LogP contribution in [0.2, 0.25) is 0 Å². The molecule has 84 valence electrons. The molecule has 0 aliphatic rings. The van der Waals surface area contributed by atoms with Crippen molar-refractivity contribution in [3.8, 4) is 0 Å². The van der Waals surface area contributed by atoms with E-state index in [1.165, 1.54) is 11.3 Å². The van der Waals surface area contributed by atoms with Crippen LogP contribution in [0, 0.1) is 6.92 Å². The van der Waals surface area contributed by atoms with Gasteiger partial charge in [-0.15, -0.1) is 0 Å². The van der Waals surface area contributed by atoms with Crippen LogP contribution >= 0.6 is 0 Å². The fourth-order valence-corrected chi connectivity index (χ4v) is 1.38. The highest BCUT2D eigenvalue weighted by Gasteiger charge is 1.99. The van der Waals surface area contributed by atoms with E-state index in [9.17, 15) is 0 Å². The van der Waals surface area contributed by atoms with Crippen molar-refractivity contribution >= 4 is 5.69 Å². The summed E-state index contributed by atoms with van der Waals surface area (Å²) in [4.78, 5) is 2.18. The number of hydrogen-bond donors (Lipinski definition) is 1. The highest BCUT2D eigenvalue weighted by Crippen LogP contribution is 2.13. The van der Waals surface area contributed by atoms with Crippen LogP contribution in [0.4, 0.5) is 5.69 Å². The lowest BCUT2D eigenvalue weighted by Gasteiger charge is -2.19. The van der Waals surface area contributed by atoms with E-state index in [-0.39, 0.29) is 0 Å². The van der Waals surface area contributed by atoms with E-state index < -0.39 is 0 Å². The minimum Gasteiger partial charge on any atom is -0.378 e. The van der Waals surface area contributed by atoms with Crippen LogP contribution in [0.15, 0.2) is 24.3 Å². The van der Waals surface area contributed by atoms with Crippen LogP contribution in [0.1, 0.15) is 5.56 Å². The Kier molecular flexibility index (Phi) is 5.15. The van der Waals surface area contributed by atoms with E-state index in [2.05, 4.69) is 43.1 Å². The van der Waals surface area contributed by atoms with E-state index in [1.807, 2.05) is 0 Å². The summed E-state index contributed by atoms with van der Waals surface area (Å²) in [6, 6.07) is 8.45. The molecule has 2 N–H and O–H groups in total. The number of likely N-dealkylation sites (N-methyl/N-ethyl adjacent to an activating group) is 1. The van der Waals surface area contributed by atoms with E-state index in [4.69, 9.17) is 10.5 Å². The number of anilines is 1. The number of rotatable bonds is 6. The third-order valence-corrected chi connectivity index (χ3v) is 2.28. The zero-order valence-corrected chi connectivity index (χ0v) is 9.57. The molecule has 0 saturated heterocycles. The Morgan fingerprint density at radius 2 is 2.13 bits per heavy atom. The second kappa shape index (κ2) is 6.43. The van der Waals surface area contributed by atoms with Crippen LogP contribution in [-0.4, -0.2) is 33.4 Å². The summed E-state index contributed by atoms with van der Waals surface area (Å²) in [5, 5.41) is 0. The van der Waals surface area contributed by atoms with Gasteiger partial charge in [0.05, 0.1) is 13.2 Å². The molecule has 0 heterocycles. The SMILES string of the molecule is Cc1cccc(N(C)CCOCCN)c1. The normalized spacial score (nSPS) is 10.3. The molecule has 0 amide bonds. The highest BCUT2D eigenvalue weighted by molar-refractivity contribution is 5.47. The van der Waals surface area contributed by atoms with Crippen LogP contribution in [-0.2, 0) is 4.74 Å². The molecule has 1 rings (SSSR count). The number of hydrogen-bond acceptors (Lipinski definition) is 3. The Hall–Kier alpha value is -1.06. The van der Waals surface area contributed by atoms with Crippen molar-refractivity contribution in [2.75, 3.05) is 38.3 Å². The van der Waals surface area contributed by atoms with Crippen LogP contribution in [0.25, 0.3) is 0 Å². The number of ether oxygens (including phenoxy) is 1. The van der Waals surface area contributed by atoms with E-state index >= 15 is 0 Å². The number of benzene rings is 1. The van der Waals surface area contributed by atoms with Gasteiger partial charge in [-0.3, -0.25) is 0 Å². The van der Waals surface area contributed by atoms with Gasteiger partial charge in [-0.25, -0.2) is 0 Å². The molecule has 3 heteroatoms. The van der Waals surface area contributed by atoms with Gasteiger partial charge in [-0.05, 0) is 24.6 Å². The summed E-state index contributed by atoms with van der Waals surface area (Å²) >= 11 is 0. The maximum Gasteiger partial charge on any atom is 0.0642 e. The minimum atomic E-state index is 0.591. The van der Waals surface area contributed by atoms with Crippen molar-refractivity contribution in [3.63, 3.8) is 0 Å². The molecule has 0 saturated carbocycles. The predicted molar refractivity (Wildman–Crippen MR) is 64.3 cm³/mol. The molecular weight excluding hydrogens is 188 g/mol. The first-order valence-corrected chi connectivity index (χ1v) is 5.29. The van der Waals surface area contributed by atoms with Gasteiger partial charge in [-0.2, -0.15) is 0 Å². The van der Waals surface area contributed by atoms with Crippen molar-refractivity contribution in [2.24, 2.45) is 5.73 Å². The summed E-state index contributed by atoms with van der Waals surface area (Å²) in [6.45, 7) is 4.95. The molecule has 0 unspecified atom stereocenters. The van der Waals surface area contributed by atoms with Crippen molar-refractivity contribution in [3.05, 3.63) is 29.8 Å². The summed E-state index contributed by atoms with van der Waals surface area (Å²) in [7, 11) is 2.07. The lowest BCUT2D eigenvalue weighted by Crippen LogP contribution is -2.23. The van der Waals surface area contributed by atoms with Gasteiger partial charge in [-0.1, -0.05) is 12.1 Å². The molecule has 0 aromatic heterocycles. The monoisotopic (exact) mass is 208 g/mol. The Bertz CT molecular complexity index is 289. The van der Waals surface area contributed by atoms with Crippen molar-refractivity contribution in [1.82, 2.24) is 0 Å². The second-order valence-electron chi connectivity index (χ2n) is 3.66. The molecular formula is C12H20N2O. The first-order valence-electron chi connectivity index (χ1n) is 5.29. The maximum atomic E-state index is 5.34. The van der Waals surface area contributed by atoms with Gasteiger partial charge in [0.25, 0.3) is 0 Å². The van der Waals surface area contributed by atoms with Crippen molar-refractivity contribution < 1.29 is 4.74 Å². The van der Waals surface area contributed by atoms with Crippen molar-refractivity contribution in [1.29, 1.82) is 0 Å². The molecule has 15 heavy (non-hydrogen) atoms. The number of aryl methyl sites for hydroxylation is 1. The third-order valence-electron chi connectivity index (χ3n) is 2.28. The van der Waals surface area contributed by atoms with E-state index in [0.29, 0.717) is 13.2 Å². The summed E-state index contributed by atoms with van der Waals surface area (Å²) in [5.74, 6) is 0. The molecule has 0 bridgehead atoms. The summed E-state index contributed by atoms with van der Waals surface area (Å²) in [6.07, 6.45) is 0. The average molecular weight is 208 g/mol. The Labute approximate surface area is 91.8 Å². The molecule has 0 spiro atoms. The quantitative estimate of drug-likeness (QED) is 0.718. The fraction of sp³-hybridized carbons (Fsp3) is 0.500.